The van der Waals surface area contributed by atoms with Crippen LogP contribution in [0.25, 0.3) is 0 Å². The molecule has 1 saturated heterocycles. The Kier molecular flexibility index (Phi) is 7.00. The largest absolute Gasteiger partial charge is 0.493 e. The number of benzene rings is 1. The monoisotopic (exact) mass is 416 g/mol. The number of likely N-dealkylation sites (tertiary alicyclic amines) is 1. The number of hydrogen-bond acceptors (Lipinski definition) is 5. The Morgan fingerprint density at radius 3 is 2.30 bits per heavy atom. The average Bonchev–Trinajstić information content (AvgIpc) is 2.97. The predicted molar refractivity (Wildman–Crippen MR) is 112 cm³/mol. The molecular formula is C23H32N2O5. The second-order valence-electron chi connectivity index (χ2n) is 8.66. The normalized spacial score (nSPS) is 22.1. The van der Waals surface area contributed by atoms with Gasteiger partial charge in [0, 0.05) is 0 Å². The second-order valence-corrected chi connectivity index (χ2v) is 8.66. The molecule has 0 unspecified atom stereocenters. The van der Waals surface area contributed by atoms with Gasteiger partial charge in [0.1, 0.15) is 6.54 Å². The lowest BCUT2D eigenvalue weighted by Gasteiger charge is -2.19. The fraction of sp³-hybridized carbons (Fsp3) is 0.609. The van der Waals surface area contributed by atoms with E-state index in [9.17, 15) is 14.4 Å². The van der Waals surface area contributed by atoms with Crippen LogP contribution < -0.4 is 14.8 Å². The fourth-order valence-corrected chi connectivity index (χ4v) is 4.23. The highest BCUT2D eigenvalue weighted by Crippen LogP contribution is 2.38. The van der Waals surface area contributed by atoms with Crippen molar-refractivity contribution in [3.8, 4) is 11.5 Å². The number of nitrogens with zero attached hydrogens (tertiary/aromatic N) is 1. The standard InChI is InChI=1S/C23H32N2O5/c1-14(2)13-30-19-10-9-16(11-20(19)29-4)15(3)24-21(26)12-25-22(27)17-7-5-6-8-18(17)23(25)28/h9-11,14-15,17-18H,5-8,12-13H2,1-4H3,(H,24,26)/t15-,17-,18+/m1/s1. The lowest BCUT2D eigenvalue weighted by atomic mass is 9.81. The van der Waals surface area contributed by atoms with Gasteiger partial charge in [0.25, 0.3) is 0 Å². The van der Waals surface area contributed by atoms with Crippen LogP contribution in [0.4, 0.5) is 0 Å². The minimum absolute atomic E-state index is 0.194. The molecule has 2 aliphatic rings. The van der Waals surface area contributed by atoms with Crippen LogP contribution in [0.2, 0.25) is 0 Å². The summed E-state index contributed by atoms with van der Waals surface area (Å²) in [5, 5.41) is 2.89. The van der Waals surface area contributed by atoms with Crippen LogP contribution in [-0.4, -0.2) is 42.9 Å². The van der Waals surface area contributed by atoms with Crippen molar-refractivity contribution < 1.29 is 23.9 Å². The van der Waals surface area contributed by atoms with Crippen LogP contribution in [0.5, 0.6) is 11.5 Å². The highest BCUT2D eigenvalue weighted by Gasteiger charge is 2.48. The number of amides is 3. The maximum absolute atomic E-state index is 12.6. The Morgan fingerprint density at radius 1 is 1.10 bits per heavy atom. The van der Waals surface area contributed by atoms with Crippen LogP contribution in [0, 0.1) is 17.8 Å². The van der Waals surface area contributed by atoms with Crippen molar-refractivity contribution in [2.45, 2.75) is 52.5 Å². The highest BCUT2D eigenvalue weighted by molar-refractivity contribution is 6.07. The van der Waals surface area contributed by atoms with Crippen molar-refractivity contribution >= 4 is 17.7 Å². The first-order valence-corrected chi connectivity index (χ1v) is 10.8. The predicted octanol–water partition coefficient (Wildman–Crippen LogP) is 3.08. The van der Waals surface area contributed by atoms with Crippen molar-refractivity contribution in [3.05, 3.63) is 23.8 Å². The van der Waals surface area contributed by atoms with Crippen LogP contribution in [-0.2, 0) is 14.4 Å². The molecule has 3 amide bonds. The minimum Gasteiger partial charge on any atom is -0.493 e. The Labute approximate surface area is 178 Å². The molecule has 3 rings (SSSR count). The molecule has 3 atom stereocenters. The zero-order valence-electron chi connectivity index (χ0n) is 18.3. The van der Waals surface area contributed by atoms with Gasteiger partial charge in [0.05, 0.1) is 31.6 Å². The maximum Gasteiger partial charge on any atom is 0.240 e. The topological polar surface area (TPSA) is 84.9 Å². The van der Waals surface area contributed by atoms with Gasteiger partial charge >= 0.3 is 0 Å². The molecular weight excluding hydrogens is 384 g/mol. The number of ether oxygens (including phenoxy) is 2. The minimum atomic E-state index is -0.345. The quantitative estimate of drug-likeness (QED) is 0.659. The third-order valence-electron chi connectivity index (χ3n) is 5.87. The summed E-state index contributed by atoms with van der Waals surface area (Å²) < 4.78 is 11.2. The fourth-order valence-electron chi connectivity index (χ4n) is 4.23. The van der Waals surface area contributed by atoms with E-state index in [-0.39, 0.29) is 42.1 Å². The summed E-state index contributed by atoms with van der Waals surface area (Å²) in [5.74, 6) is 0.446. The van der Waals surface area contributed by atoms with Gasteiger partial charge in [-0.2, -0.15) is 0 Å². The summed E-state index contributed by atoms with van der Waals surface area (Å²) in [6.07, 6.45) is 3.43. The first-order valence-electron chi connectivity index (χ1n) is 10.8. The lowest BCUT2D eigenvalue weighted by molar-refractivity contribution is -0.143. The molecule has 1 saturated carbocycles. The number of carbonyl (C=O) groups is 3. The Morgan fingerprint density at radius 2 is 1.73 bits per heavy atom. The number of nitrogens with one attached hydrogen (secondary N) is 1. The maximum atomic E-state index is 12.6. The molecule has 0 radical (unpaired) electrons. The van der Waals surface area contributed by atoms with Gasteiger partial charge in [-0.25, -0.2) is 0 Å². The van der Waals surface area contributed by atoms with Crippen molar-refractivity contribution in [2.75, 3.05) is 20.3 Å². The van der Waals surface area contributed by atoms with Crippen LogP contribution in [0.3, 0.4) is 0 Å². The summed E-state index contributed by atoms with van der Waals surface area (Å²) in [6.45, 7) is 6.37. The van der Waals surface area contributed by atoms with Gasteiger partial charge in [-0.3, -0.25) is 19.3 Å². The van der Waals surface area contributed by atoms with E-state index in [4.69, 9.17) is 9.47 Å². The lowest BCUT2D eigenvalue weighted by Crippen LogP contribution is -2.41. The van der Waals surface area contributed by atoms with E-state index in [1.165, 1.54) is 0 Å². The third-order valence-corrected chi connectivity index (χ3v) is 5.87. The molecule has 1 aliphatic heterocycles. The summed E-state index contributed by atoms with van der Waals surface area (Å²) in [5.41, 5.74) is 0.852. The molecule has 0 spiro atoms. The third kappa shape index (κ3) is 4.77. The molecule has 1 N–H and O–H groups in total. The smallest absolute Gasteiger partial charge is 0.240 e. The van der Waals surface area contributed by atoms with Gasteiger partial charge in [-0.15, -0.1) is 0 Å². The number of carbonyl (C=O) groups excluding carboxylic acids is 3. The molecule has 1 aromatic carbocycles. The van der Waals surface area contributed by atoms with Crippen LogP contribution in [0.1, 0.15) is 58.1 Å². The molecule has 7 heteroatoms. The molecule has 1 aliphatic carbocycles. The van der Waals surface area contributed by atoms with Crippen molar-refractivity contribution in [1.29, 1.82) is 0 Å². The summed E-state index contributed by atoms with van der Waals surface area (Å²) >= 11 is 0. The van der Waals surface area contributed by atoms with Crippen molar-refractivity contribution in [1.82, 2.24) is 10.2 Å². The Balaban J connectivity index is 1.61. The van der Waals surface area contributed by atoms with Gasteiger partial charge in [-0.1, -0.05) is 32.8 Å². The molecule has 0 aromatic heterocycles. The number of methoxy groups -OCH3 is 1. The van der Waals surface area contributed by atoms with Gasteiger partial charge < -0.3 is 14.8 Å². The second kappa shape index (κ2) is 9.49. The summed E-state index contributed by atoms with van der Waals surface area (Å²) in [7, 11) is 1.58. The SMILES string of the molecule is COc1cc([C@@H](C)NC(=O)CN2C(=O)[C@H]3CCCC[C@H]3C2=O)ccc1OCC(C)C. The van der Waals surface area contributed by atoms with E-state index in [2.05, 4.69) is 19.2 Å². The number of rotatable bonds is 8. The Bertz CT molecular complexity index is 783. The average molecular weight is 417 g/mol. The zero-order valence-corrected chi connectivity index (χ0v) is 18.3. The van der Waals surface area contributed by atoms with E-state index < -0.39 is 0 Å². The molecule has 2 fully saturated rings. The van der Waals surface area contributed by atoms with E-state index in [0.29, 0.717) is 24.0 Å². The first kappa shape index (κ1) is 22.1. The van der Waals surface area contributed by atoms with E-state index >= 15 is 0 Å². The van der Waals surface area contributed by atoms with Gasteiger partial charge in [-0.05, 0) is 43.4 Å². The summed E-state index contributed by atoms with van der Waals surface area (Å²) in [6, 6.07) is 5.24. The molecule has 30 heavy (non-hydrogen) atoms. The Hall–Kier alpha value is -2.57. The molecule has 1 heterocycles. The molecule has 7 nitrogen and oxygen atoms in total. The van der Waals surface area contributed by atoms with Crippen molar-refractivity contribution in [3.63, 3.8) is 0 Å². The van der Waals surface area contributed by atoms with Gasteiger partial charge in [0.2, 0.25) is 17.7 Å². The van der Waals surface area contributed by atoms with Gasteiger partial charge in [0.15, 0.2) is 11.5 Å². The molecule has 164 valence electrons. The van der Waals surface area contributed by atoms with E-state index in [0.717, 1.165) is 36.1 Å². The number of imide groups is 1. The first-order chi connectivity index (χ1) is 14.3. The number of fused-ring (bicyclic) bond motifs is 1. The molecule has 1 aromatic rings. The van der Waals surface area contributed by atoms with Crippen molar-refractivity contribution in [2.24, 2.45) is 17.8 Å². The van der Waals surface area contributed by atoms with Crippen LogP contribution in [0.15, 0.2) is 18.2 Å². The summed E-state index contributed by atoms with van der Waals surface area (Å²) in [4.78, 5) is 38.8. The highest BCUT2D eigenvalue weighted by atomic mass is 16.5. The van der Waals surface area contributed by atoms with E-state index in [1.54, 1.807) is 7.11 Å². The number of hydrogen-bond donors (Lipinski definition) is 1. The molecule has 0 bridgehead atoms. The zero-order chi connectivity index (χ0) is 21.8. The van der Waals surface area contributed by atoms with Crippen LogP contribution >= 0.6 is 0 Å². The van der Waals surface area contributed by atoms with E-state index in [1.807, 2.05) is 25.1 Å².